The highest BCUT2D eigenvalue weighted by molar-refractivity contribution is 5.90. The number of hydrogen-bond donors (Lipinski definition) is 2. The SMILES string of the molecule is Cn1c(CNC(=O)OC(C)(C)C)nc2cc(C(=O)O)cnc21. The van der Waals surface area contributed by atoms with Gasteiger partial charge in [-0.3, -0.25) is 0 Å². The molecule has 0 aromatic carbocycles. The molecule has 22 heavy (non-hydrogen) atoms. The predicted molar refractivity (Wildman–Crippen MR) is 78.5 cm³/mol. The van der Waals surface area contributed by atoms with Crippen molar-refractivity contribution in [2.45, 2.75) is 32.9 Å². The van der Waals surface area contributed by atoms with E-state index in [0.717, 1.165) is 0 Å². The molecule has 8 nitrogen and oxygen atoms in total. The summed E-state index contributed by atoms with van der Waals surface area (Å²) in [6.07, 6.45) is 0.732. The molecular formula is C14H18N4O4. The number of alkyl carbamates (subject to hydrolysis) is 1. The van der Waals surface area contributed by atoms with E-state index in [0.29, 0.717) is 17.0 Å². The summed E-state index contributed by atoms with van der Waals surface area (Å²) in [7, 11) is 1.74. The van der Waals surface area contributed by atoms with E-state index in [2.05, 4.69) is 15.3 Å². The van der Waals surface area contributed by atoms with Gasteiger partial charge < -0.3 is 19.7 Å². The van der Waals surface area contributed by atoms with Crippen LogP contribution < -0.4 is 5.32 Å². The van der Waals surface area contributed by atoms with Crippen molar-refractivity contribution < 1.29 is 19.4 Å². The first-order chi connectivity index (χ1) is 10.2. The van der Waals surface area contributed by atoms with Crippen molar-refractivity contribution in [3.05, 3.63) is 23.7 Å². The molecule has 0 unspecified atom stereocenters. The van der Waals surface area contributed by atoms with Crippen LogP contribution in [0.25, 0.3) is 11.2 Å². The second-order valence-corrected chi connectivity index (χ2v) is 5.81. The van der Waals surface area contributed by atoms with Gasteiger partial charge in [-0.25, -0.2) is 19.6 Å². The van der Waals surface area contributed by atoms with E-state index in [1.807, 2.05) is 0 Å². The molecule has 2 heterocycles. The maximum atomic E-state index is 11.6. The zero-order valence-corrected chi connectivity index (χ0v) is 12.9. The minimum absolute atomic E-state index is 0.0669. The van der Waals surface area contributed by atoms with Gasteiger partial charge in [-0.05, 0) is 26.8 Å². The lowest BCUT2D eigenvalue weighted by Gasteiger charge is -2.19. The van der Waals surface area contributed by atoms with Gasteiger partial charge in [-0.1, -0.05) is 0 Å². The molecule has 2 N–H and O–H groups in total. The lowest BCUT2D eigenvalue weighted by Crippen LogP contribution is -2.32. The van der Waals surface area contributed by atoms with Crippen molar-refractivity contribution >= 4 is 23.2 Å². The molecule has 2 aromatic rings. The normalized spacial score (nSPS) is 11.5. The molecule has 1 amide bonds. The van der Waals surface area contributed by atoms with Crippen LogP contribution in [0.2, 0.25) is 0 Å². The molecule has 0 bridgehead atoms. The van der Waals surface area contributed by atoms with Gasteiger partial charge in [-0.2, -0.15) is 0 Å². The third-order valence-electron chi connectivity index (χ3n) is 2.84. The molecule has 2 aromatic heterocycles. The number of aromatic nitrogens is 3. The number of aromatic carboxylic acids is 1. The fourth-order valence-corrected chi connectivity index (χ4v) is 1.86. The Labute approximate surface area is 127 Å². The first kappa shape index (κ1) is 15.7. The standard InChI is InChI=1S/C14H18N4O4/c1-14(2,3)22-13(21)16-7-10-17-9-5-8(12(19)20)6-15-11(9)18(10)4/h5-6H,7H2,1-4H3,(H,16,21)(H,19,20). The third kappa shape index (κ3) is 3.51. The van der Waals surface area contributed by atoms with Gasteiger partial charge in [-0.15, -0.1) is 0 Å². The Hall–Kier alpha value is -2.64. The minimum Gasteiger partial charge on any atom is -0.478 e. The fourth-order valence-electron chi connectivity index (χ4n) is 1.86. The zero-order valence-electron chi connectivity index (χ0n) is 12.9. The highest BCUT2D eigenvalue weighted by atomic mass is 16.6. The second kappa shape index (κ2) is 5.63. The Morgan fingerprint density at radius 3 is 2.68 bits per heavy atom. The number of carboxylic acid groups (broad SMARTS) is 1. The van der Waals surface area contributed by atoms with E-state index < -0.39 is 17.7 Å². The summed E-state index contributed by atoms with van der Waals surface area (Å²) in [5, 5.41) is 11.6. The Bertz CT molecular complexity index is 730. The number of imidazole rings is 1. The van der Waals surface area contributed by atoms with Gasteiger partial charge in [0, 0.05) is 13.2 Å². The van der Waals surface area contributed by atoms with Crippen LogP contribution in [0.3, 0.4) is 0 Å². The highest BCUT2D eigenvalue weighted by Crippen LogP contribution is 2.14. The first-order valence-electron chi connectivity index (χ1n) is 6.69. The number of ether oxygens (including phenoxy) is 1. The smallest absolute Gasteiger partial charge is 0.408 e. The van der Waals surface area contributed by atoms with Crippen molar-refractivity contribution in [2.75, 3.05) is 0 Å². The Kier molecular flexibility index (Phi) is 4.03. The number of amides is 1. The predicted octanol–water partition coefficient (Wildman–Crippen LogP) is 1.69. The summed E-state index contributed by atoms with van der Waals surface area (Å²) in [4.78, 5) is 30.9. The molecule has 0 saturated carbocycles. The monoisotopic (exact) mass is 306 g/mol. The number of nitrogens with zero attached hydrogens (tertiary/aromatic N) is 3. The maximum Gasteiger partial charge on any atom is 0.408 e. The van der Waals surface area contributed by atoms with Gasteiger partial charge in [0.15, 0.2) is 5.65 Å². The van der Waals surface area contributed by atoms with Crippen molar-refractivity contribution in [1.29, 1.82) is 0 Å². The summed E-state index contributed by atoms with van der Waals surface area (Å²) in [6, 6.07) is 1.45. The van der Waals surface area contributed by atoms with E-state index in [-0.39, 0.29) is 12.1 Å². The average Bonchev–Trinajstić information content (AvgIpc) is 2.70. The van der Waals surface area contributed by atoms with Gasteiger partial charge in [0.1, 0.15) is 16.9 Å². The van der Waals surface area contributed by atoms with E-state index in [1.54, 1.807) is 32.4 Å². The van der Waals surface area contributed by atoms with Crippen molar-refractivity contribution in [3.8, 4) is 0 Å². The number of aryl methyl sites for hydroxylation is 1. The molecule has 0 aliphatic heterocycles. The van der Waals surface area contributed by atoms with Crippen LogP contribution in [0.15, 0.2) is 12.3 Å². The number of carbonyl (C=O) groups excluding carboxylic acids is 1. The average molecular weight is 306 g/mol. The summed E-state index contributed by atoms with van der Waals surface area (Å²) >= 11 is 0. The molecular weight excluding hydrogens is 288 g/mol. The van der Waals surface area contributed by atoms with E-state index in [9.17, 15) is 9.59 Å². The number of carboxylic acids is 1. The van der Waals surface area contributed by atoms with Crippen LogP contribution in [0.1, 0.15) is 37.0 Å². The lowest BCUT2D eigenvalue weighted by atomic mass is 10.2. The van der Waals surface area contributed by atoms with Gasteiger partial charge in [0.05, 0.1) is 12.1 Å². The summed E-state index contributed by atoms with van der Waals surface area (Å²) < 4.78 is 6.84. The number of hydrogen-bond acceptors (Lipinski definition) is 5. The molecule has 2 rings (SSSR count). The second-order valence-electron chi connectivity index (χ2n) is 5.81. The van der Waals surface area contributed by atoms with E-state index >= 15 is 0 Å². The van der Waals surface area contributed by atoms with E-state index in [1.165, 1.54) is 12.3 Å². The van der Waals surface area contributed by atoms with Crippen LogP contribution in [0.5, 0.6) is 0 Å². The van der Waals surface area contributed by atoms with Crippen LogP contribution in [0, 0.1) is 0 Å². The number of pyridine rings is 1. The largest absolute Gasteiger partial charge is 0.478 e. The van der Waals surface area contributed by atoms with E-state index in [4.69, 9.17) is 9.84 Å². The van der Waals surface area contributed by atoms with Gasteiger partial charge >= 0.3 is 12.1 Å². The third-order valence-corrected chi connectivity index (χ3v) is 2.84. The number of rotatable bonds is 3. The number of nitrogens with one attached hydrogen (secondary N) is 1. The lowest BCUT2D eigenvalue weighted by molar-refractivity contribution is 0.0521. The van der Waals surface area contributed by atoms with Crippen molar-refractivity contribution in [1.82, 2.24) is 19.9 Å². The molecule has 0 fully saturated rings. The Morgan fingerprint density at radius 1 is 1.41 bits per heavy atom. The van der Waals surface area contributed by atoms with Crippen LogP contribution in [-0.4, -0.2) is 37.3 Å². The fraction of sp³-hybridized carbons (Fsp3) is 0.429. The van der Waals surface area contributed by atoms with Gasteiger partial charge in [0.25, 0.3) is 0 Å². The molecule has 0 aliphatic rings. The van der Waals surface area contributed by atoms with Crippen LogP contribution >= 0.6 is 0 Å². The molecule has 0 radical (unpaired) electrons. The maximum absolute atomic E-state index is 11.6. The molecule has 0 aliphatic carbocycles. The van der Waals surface area contributed by atoms with Gasteiger partial charge in [0.2, 0.25) is 0 Å². The Balaban J connectivity index is 2.17. The van der Waals surface area contributed by atoms with Crippen LogP contribution in [0.4, 0.5) is 4.79 Å². The Morgan fingerprint density at radius 2 is 2.09 bits per heavy atom. The summed E-state index contributed by atoms with van der Waals surface area (Å²) in [5.74, 6) is -0.510. The minimum atomic E-state index is -1.06. The zero-order chi connectivity index (χ0) is 16.5. The number of carbonyl (C=O) groups is 2. The molecule has 0 spiro atoms. The molecule has 118 valence electrons. The topological polar surface area (TPSA) is 106 Å². The quantitative estimate of drug-likeness (QED) is 0.893. The van der Waals surface area contributed by atoms with Crippen LogP contribution in [-0.2, 0) is 18.3 Å². The van der Waals surface area contributed by atoms with Crippen molar-refractivity contribution in [2.24, 2.45) is 7.05 Å². The molecule has 0 atom stereocenters. The first-order valence-corrected chi connectivity index (χ1v) is 6.69. The number of fused-ring (bicyclic) bond motifs is 1. The summed E-state index contributed by atoms with van der Waals surface area (Å²) in [6.45, 7) is 5.49. The molecule has 0 saturated heterocycles. The van der Waals surface area contributed by atoms with Crippen molar-refractivity contribution in [3.63, 3.8) is 0 Å². The summed E-state index contributed by atoms with van der Waals surface area (Å²) in [5.41, 5.74) is 0.501. The highest BCUT2D eigenvalue weighted by Gasteiger charge is 2.17. The molecule has 8 heteroatoms.